The summed E-state index contributed by atoms with van der Waals surface area (Å²) >= 11 is 1.47. The van der Waals surface area contributed by atoms with Crippen molar-refractivity contribution in [1.29, 1.82) is 0 Å². The zero-order valence-electron chi connectivity index (χ0n) is 9.95. The molecule has 5 nitrogen and oxygen atoms in total. The maximum Gasteiger partial charge on any atom is 0.278 e. The van der Waals surface area contributed by atoms with Crippen LogP contribution in [0.15, 0.2) is 29.3 Å². The molecule has 0 amide bonds. The van der Waals surface area contributed by atoms with E-state index in [0.717, 1.165) is 10.6 Å². The molecule has 0 fully saturated rings. The number of aromatic nitrogens is 1. The van der Waals surface area contributed by atoms with E-state index in [0.29, 0.717) is 10.7 Å². The van der Waals surface area contributed by atoms with Crippen LogP contribution in [0.4, 0.5) is 10.8 Å². The zero-order valence-corrected chi connectivity index (χ0v) is 10.8. The largest absolute Gasteiger partial charge is 0.278 e. The van der Waals surface area contributed by atoms with E-state index in [9.17, 15) is 10.1 Å². The molecule has 0 saturated carbocycles. The van der Waals surface area contributed by atoms with Gasteiger partial charge in [0.05, 0.1) is 16.2 Å². The monoisotopic (exact) mass is 261 g/mol. The number of nitro groups is 1. The van der Waals surface area contributed by atoms with Crippen LogP contribution in [0.5, 0.6) is 0 Å². The van der Waals surface area contributed by atoms with Gasteiger partial charge in [0.15, 0.2) is 0 Å². The summed E-state index contributed by atoms with van der Waals surface area (Å²) in [5.74, 6) is 0. The average molecular weight is 261 g/mol. The molecule has 1 aromatic heterocycles. The molecule has 0 N–H and O–H groups in total. The lowest BCUT2D eigenvalue weighted by atomic mass is 10.2. The quantitative estimate of drug-likeness (QED) is 0.483. The van der Waals surface area contributed by atoms with Gasteiger partial charge in [-0.1, -0.05) is 23.5 Å². The van der Waals surface area contributed by atoms with Crippen LogP contribution >= 0.6 is 11.3 Å². The molecule has 0 aliphatic carbocycles. The highest BCUT2D eigenvalue weighted by atomic mass is 32.1. The topological polar surface area (TPSA) is 68.4 Å². The third kappa shape index (κ3) is 2.60. The first kappa shape index (κ1) is 12.4. The fraction of sp³-hybridized carbons (Fsp3) is 0.167. The molecule has 0 unspecified atom stereocenters. The van der Waals surface area contributed by atoms with E-state index < -0.39 is 4.92 Å². The second-order valence-electron chi connectivity index (χ2n) is 3.71. The summed E-state index contributed by atoms with van der Waals surface area (Å²) in [6, 6.07) is 6.49. The molecule has 18 heavy (non-hydrogen) atoms. The number of thiazole rings is 1. The highest BCUT2D eigenvalue weighted by molar-refractivity contribution is 7.15. The van der Waals surface area contributed by atoms with Crippen LogP contribution in [0.2, 0.25) is 0 Å². The summed E-state index contributed by atoms with van der Waals surface area (Å²) in [4.78, 5) is 19.9. The van der Waals surface area contributed by atoms with Crippen molar-refractivity contribution in [2.45, 2.75) is 13.8 Å². The van der Waals surface area contributed by atoms with E-state index in [-0.39, 0.29) is 5.69 Å². The molecule has 0 bridgehead atoms. The fourth-order valence-electron chi connectivity index (χ4n) is 1.40. The minimum absolute atomic E-state index is 0.0475. The summed E-state index contributed by atoms with van der Waals surface area (Å²) in [5, 5.41) is 11.4. The third-order valence-electron chi connectivity index (χ3n) is 2.46. The zero-order chi connectivity index (χ0) is 13.1. The first-order chi connectivity index (χ1) is 8.58. The Balaban J connectivity index is 2.31. The van der Waals surface area contributed by atoms with Crippen LogP contribution in [-0.4, -0.2) is 16.1 Å². The Labute approximate surface area is 108 Å². The highest BCUT2D eigenvalue weighted by Crippen LogP contribution is 2.24. The molecule has 0 aliphatic rings. The Morgan fingerprint density at radius 3 is 2.72 bits per heavy atom. The molecule has 0 radical (unpaired) electrons. The van der Waals surface area contributed by atoms with Crippen molar-refractivity contribution in [2.24, 2.45) is 4.99 Å². The minimum Gasteiger partial charge on any atom is -0.258 e. The summed E-state index contributed by atoms with van der Waals surface area (Å²) in [5.41, 5.74) is 1.47. The second-order valence-corrected chi connectivity index (χ2v) is 4.89. The van der Waals surface area contributed by atoms with Crippen LogP contribution in [0.1, 0.15) is 16.1 Å². The van der Waals surface area contributed by atoms with Gasteiger partial charge >= 0.3 is 0 Å². The van der Waals surface area contributed by atoms with E-state index in [2.05, 4.69) is 9.98 Å². The molecule has 2 aromatic rings. The Morgan fingerprint density at radius 2 is 2.11 bits per heavy atom. The Morgan fingerprint density at radius 1 is 1.39 bits per heavy atom. The number of aliphatic imine (C=N–C) groups is 1. The molecule has 92 valence electrons. The molecule has 0 saturated heterocycles. The standard InChI is InChI=1S/C12H11N3O2S/c1-8-9(2)18-12(14-8)13-7-10-5-3-4-6-11(10)15(16)17/h3-7H,1-2H3/b13-7+. The van der Waals surface area contributed by atoms with E-state index in [1.54, 1.807) is 18.2 Å². The number of nitrogens with zero attached hydrogens (tertiary/aromatic N) is 3. The van der Waals surface area contributed by atoms with E-state index >= 15 is 0 Å². The van der Waals surface area contributed by atoms with Crippen molar-refractivity contribution < 1.29 is 4.92 Å². The number of benzene rings is 1. The number of rotatable bonds is 3. The number of hydrogen-bond donors (Lipinski definition) is 0. The van der Waals surface area contributed by atoms with Gasteiger partial charge in [0.25, 0.3) is 5.69 Å². The molecule has 0 spiro atoms. The normalized spacial score (nSPS) is 11.0. The van der Waals surface area contributed by atoms with Crippen molar-refractivity contribution in [2.75, 3.05) is 0 Å². The minimum atomic E-state index is -0.417. The SMILES string of the molecule is Cc1nc(/N=C/c2ccccc2[N+](=O)[O-])sc1C. The number of nitro benzene ring substituents is 1. The number of hydrogen-bond acceptors (Lipinski definition) is 5. The Bertz CT molecular complexity index is 600. The average Bonchev–Trinajstić information content (AvgIpc) is 2.66. The van der Waals surface area contributed by atoms with Gasteiger partial charge in [-0.05, 0) is 19.9 Å². The summed E-state index contributed by atoms with van der Waals surface area (Å²) in [7, 11) is 0. The molecule has 0 aliphatic heterocycles. The van der Waals surface area contributed by atoms with Crippen LogP contribution in [0.25, 0.3) is 0 Å². The molecular weight excluding hydrogens is 250 g/mol. The van der Waals surface area contributed by atoms with E-state index in [1.165, 1.54) is 23.6 Å². The molecular formula is C12H11N3O2S. The summed E-state index contributed by atoms with van der Waals surface area (Å²) in [6.07, 6.45) is 1.48. The van der Waals surface area contributed by atoms with Crippen LogP contribution in [-0.2, 0) is 0 Å². The van der Waals surface area contributed by atoms with Crippen molar-refractivity contribution in [3.63, 3.8) is 0 Å². The van der Waals surface area contributed by atoms with Gasteiger partial charge in [0, 0.05) is 17.2 Å². The van der Waals surface area contributed by atoms with Crippen molar-refractivity contribution in [1.82, 2.24) is 4.98 Å². The van der Waals surface area contributed by atoms with Gasteiger partial charge in [-0.2, -0.15) is 0 Å². The second kappa shape index (κ2) is 5.05. The van der Waals surface area contributed by atoms with Crippen LogP contribution in [0, 0.1) is 24.0 Å². The Kier molecular flexibility index (Phi) is 3.47. The van der Waals surface area contributed by atoms with Crippen molar-refractivity contribution in [3.8, 4) is 0 Å². The third-order valence-corrected chi connectivity index (χ3v) is 3.45. The highest BCUT2D eigenvalue weighted by Gasteiger charge is 2.10. The molecule has 1 heterocycles. The lowest BCUT2D eigenvalue weighted by molar-refractivity contribution is -0.385. The molecule has 6 heteroatoms. The van der Waals surface area contributed by atoms with Gasteiger partial charge in [0.2, 0.25) is 5.13 Å². The number of para-hydroxylation sites is 1. The first-order valence-electron chi connectivity index (χ1n) is 5.29. The predicted octanol–water partition coefficient (Wildman–Crippen LogP) is 3.42. The number of aryl methyl sites for hydroxylation is 2. The Hall–Kier alpha value is -2.08. The van der Waals surface area contributed by atoms with Crippen molar-refractivity contribution in [3.05, 3.63) is 50.5 Å². The lowest BCUT2D eigenvalue weighted by Gasteiger charge is -1.94. The van der Waals surface area contributed by atoms with Gasteiger partial charge in [-0.25, -0.2) is 9.98 Å². The maximum absolute atomic E-state index is 10.8. The first-order valence-corrected chi connectivity index (χ1v) is 6.11. The molecule has 1 aromatic carbocycles. The fourth-order valence-corrected chi connectivity index (χ4v) is 2.15. The van der Waals surface area contributed by atoms with Crippen molar-refractivity contribution >= 4 is 28.4 Å². The van der Waals surface area contributed by atoms with Crippen LogP contribution in [0.3, 0.4) is 0 Å². The van der Waals surface area contributed by atoms with E-state index in [1.807, 2.05) is 13.8 Å². The van der Waals surface area contributed by atoms with Gasteiger partial charge in [0.1, 0.15) is 0 Å². The van der Waals surface area contributed by atoms with E-state index in [4.69, 9.17) is 0 Å². The van der Waals surface area contributed by atoms with Gasteiger partial charge in [-0.15, -0.1) is 0 Å². The molecule has 0 atom stereocenters. The summed E-state index contributed by atoms with van der Waals surface area (Å²) < 4.78 is 0. The van der Waals surface area contributed by atoms with Gasteiger partial charge in [-0.3, -0.25) is 10.1 Å². The molecule has 2 rings (SSSR count). The smallest absolute Gasteiger partial charge is 0.258 e. The lowest BCUT2D eigenvalue weighted by Crippen LogP contribution is -1.93. The van der Waals surface area contributed by atoms with Crippen LogP contribution < -0.4 is 0 Å². The maximum atomic E-state index is 10.8. The predicted molar refractivity (Wildman–Crippen MR) is 71.9 cm³/mol. The summed E-state index contributed by atoms with van der Waals surface area (Å²) in [6.45, 7) is 3.88. The van der Waals surface area contributed by atoms with Gasteiger partial charge < -0.3 is 0 Å².